The predicted molar refractivity (Wildman–Crippen MR) is 84.2 cm³/mol. The maximum absolute atomic E-state index is 9.82. The zero-order valence-electron chi connectivity index (χ0n) is 11.8. The lowest BCUT2D eigenvalue weighted by atomic mass is 9.98. The molecule has 1 aromatic heterocycles. The molecule has 5 heteroatoms. The van der Waals surface area contributed by atoms with E-state index in [1.165, 1.54) is 12.4 Å². The van der Waals surface area contributed by atoms with Crippen LogP contribution in [0.3, 0.4) is 0 Å². The summed E-state index contributed by atoms with van der Waals surface area (Å²) in [5, 5.41) is 24.6. The van der Waals surface area contributed by atoms with Crippen LogP contribution >= 0.6 is 0 Å². The fraction of sp³-hybridized carbons (Fsp3) is 0.0588. The van der Waals surface area contributed by atoms with E-state index < -0.39 is 0 Å². The molecule has 0 aliphatic heterocycles. The van der Waals surface area contributed by atoms with Crippen molar-refractivity contribution in [3.63, 3.8) is 0 Å². The lowest BCUT2D eigenvalue weighted by Crippen LogP contribution is -2.11. The number of hydrogen-bond acceptors (Lipinski definition) is 2. The Labute approximate surface area is 127 Å². The average Bonchev–Trinajstić information content (AvgIpc) is 2.71. The summed E-state index contributed by atoms with van der Waals surface area (Å²) in [5.74, 6) is -0.172. The Balaban J connectivity index is 2.21. The van der Waals surface area contributed by atoms with Gasteiger partial charge in [0.15, 0.2) is 0 Å². The molecule has 1 heterocycles. The quantitative estimate of drug-likeness (QED) is 0.598. The van der Waals surface area contributed by atoms with Gasteiger partial charge in [-0.3, -0.25) is 10.2 Å². The van der Waals surface area contributed by atoms with Crippen molar-refractivity contribution in [1.29, 1.82) is 0 Å². The molecule has 0 radical (unpaired) electrons. The molecule has 0 aliphatic carbocycles. The third-order valence-electron chi connectivity index (χ3n) is 3.39. The Morgan fingerprint density at radius 3 is 1.50 bits per heavy atom. The minimum Gasteiger partial charge on any atom is -0.493 e. The number of nitrogens with zero attached hydrogens (tertiary/aromatic N) is 1. The van der Waals surface area contributed by atoms with E-state index in [0.717, 1.165) is 11.1 Å². The van der Waals surface area contributed by atoms with E-state index in [4.69, 9.17) is 0 Å². The minimum absolute atomic E-state index is 0.0860. The zero-order valence-corrected chi connectivity index (χ0v) is 11.8. The molecule has 0 atom stereocenters. The maximum Gasteiger partial charge on any atom is 0.220 e. The number of nitrogens with one attached hydrogen (secondary N) is 2. The molecule has 0 saturated carbocycles. The largest absolute Gasteiger partial charge is 0.493 e. The molecule has 3 aromatic rings. The summed E-state index contributed by atoms with van der Waals surface area (Å²) in [6, 6.07) is 19.7. The molecule has 0 amide bonds. The van der Waals surface area contributed by atoms with Crippen molar-refractivity contribution in [3.05, 3.63) is 84.2 Å². The number of benzene rings is 2. The van der Waals surface area contributed by atoms with Gasteiger partial charge in [-0.1, -0.05) is 60.7 Å². The fourth-order valence-corrected chi connectivity index (χ4v) is 2.47. The van der Waals surface area contributed by atoms with Gasteiger partial charge in [0, 0.05) is 0 Å². The lowest BCUT2D eigenvalue weighted by molar-refractivity contribution is 0.425. The molecule has 0 fully saturated rings. The van der Waals surface area contributed by atoms with E-state index in [9.17, 15) is 10.2 Å². The number of aromatic hydroxyl groups is 2. The summed E-state index contributed by atoms with van der Waals surface area (Å²) in [5.41, 5.74) is 2.09. The average molecular weight is 295 g/mol. The Morgan fingerprint density at radius 1 is 0.682 bits per heavy atom. The summed E-state index contributed by atoms with van der Waals surface area (Å²) in [6.45, 7) is 0. The highest BCUT2D eigenvalue weighted by Crippen LogP contribution is 2.27. The van der Waals surface area contributed by atoms with Crippen LogP contribution in [-0.2, 0) is 0 Å². The predicted octanol–water partition coefficient (Wildman–Crippen LogP) is 3.32. The van der Waals surface area contributed by atoms with Gasteiger partial charge in [-0.25, -0.2) is 0 Å². The van der Waals surface area contributed by atoms with Gasteiger partial charge in [0.2, 0.25) is 11.8 Å². The topological polar surface area (TPSA) is 77.0 Å². The first-order valence-corrected chi connectivity index (χ1v) is 6.95. The number of aromatic amines is 2. The van der Waals surface area contributed by atoms with Crippen molar-refractivity contribution >= 4 is 0 Å². The van der Waals surface area contributed by atoms with Gasteiger partial charge < -0.3 is 14.8 Å². The molecular formula is C17H17N3O2. The highest BCUT2D eigenvalue weighted by atomic mass is 16.3. The Kier molecular flexibility index (Phi) is 3.87. The van der Waals surface area contributed by atoms with Crippen molar-refractivity contribution in [1.82, 2.24) is 14.8 Å². The number of aromatic nitrogens is 3. The number of hydrogen-bond donors (Lipinski definition) is 4. The van der Waals surface area contributed by atoms with Crippen LogP contribution in [0.15, 0.2) is 73.1 Å². The molecule has 2 aromatic carbocycles. The second-order valence-corrected chi connectivity index (χ2v) is 4.95. The highest BCUT2D eigenvalue weighted by molar-refractivity contribution is 5.33. The summed E-state index contributed by atoms with van der Waals surface area (Å²) in [7, 11) is 0. The van der Waals surface area contributed by atoms with Gasteiger partial charge in [-0.05, 0) is 11.1 Å². The van der Waals surface area contributed by atoms with Crippen molar-refractivity contribution in [3.8, 4) is 11.8 Å². The lowest BCUT2D eigenvalue weighted by Gasteiger charge is -2.20. The van der Waals surface area contributed by atoms with E-state index in [-0.39, 0.29) is 17.8 Å². The second-order valence-electron chi connectivity index (χ2n) is 4.95. The van der Waals surface area contributed by atoms with Crippen molar-refractivity contribution in [2.45, 2.75) is 6.04 Å². The molecule has 22 heavy (non-hydrogen) atoms. The standard InChI is InChI=1S/C17H17N3O2/c21-15-11-20(12-16(22)19-18-15)17(13-7-3-1-4-8-13)14-9-5-2-6-10-14/h1-12,17-19,21-22H. The summed E-state index contributed by atoms with van der Waals surface area (Å²) in [6.07, 6.45) is 3.06. The molecule has 3 rings (SSSR count). The second kappa shape index (κ2) is 6.13. The molecule has 0 spiro atoms. The third kappa shape index (κ3) is 2.98. The smallest absolute Gasteiger partial charge is 0.220 e. The normalized spacial score (nSPS) is 10.6. The molecule has 4 N–H and O–H groups in total. The Bertz CT molecular complexity index is 706. The van der Waals surface area contributed by atoms with Crippen molar-refractivity contribution < 1.29 is 10.2 Å². The van der Waals surface area contributed by atoms with Crippen LogP contribution in [0.25, 0.3) is 0 Å². The van der Waals surface area contributed by atoms with Gasteiger partial charge in [0.25, 0.3) is 0 Å². The maximum atomic E-state index is 9.82. The molecular weight excluding hydrogens is 278 g/mol. The van der Waals surface area contributed by atoms with E-state index in [1.54, 1.807) is 4.57 Å². The van der Waals surface area contributed by atoms with Crippen LogP contribution in [-0.4, -0.2) is 25.0 Å². The molecule has 0 bridgehead atoms. The van der Waals surface area contributed by atoms with Gasteiger partial charge >= 0.3 is 0 Å². The summed E-state index contributed by atoms with van der Waals surface area (Å²) >= 11 is 0. The molecule has 0 aliphatic rings. The van der Waals surface area contributed by atoms with Gasteiger partial charge in [0.05, 0.1) is 18.4 Å². The van der Waals surface area contributed by atoms with E-state index >= 15 is 0 Å². The van der Waals surface area contributed by atoms with Gasteiger partial charge in [0.1, 0.15) is 0 Å². The highest BCUT2D eigenvalue weighted by Gasteiger charge is 2.15. The van der Waals surface area contributed by atoms with Crippen molar-refractivity contribution in [2.24, 2.45) is 0 Å². The molecule has 0 saturated heterocycles. The van der Waals surface area contributed by atoms with Crippen LogP contribution in [0.5, 0.6) is 11.8 Å². The fourth-order valence-electron chi connectivity index (χ4n) is 2.47. The number of H-pyrrole nitrogens is 2. The monoisotopic (exact) mass is 295 g/mol. The minimum atomic E-state index is -0.173. The van der Waals surface area contributed by atoms with E-state index in [2.05, 4.69) is 10.2 Å². The zero-order chi connectivity index (χ0) is 15.4. The molecule has 5 nitrogen and oxygen atoms in total. The van der Waals surface area contributed by atoms with Gasteiger partial charge in [-0.2, -0.15) is 0 Å². The Morgan fingerprint density at radius 2 is 1.09 bits per heavy atom. The van der Waals surface area contributed by atoms with E-state index in [0.29, 0.717) is 0 Å². The number of rotatable bonds is 3. The van der Waals surface area contributed by atoms with Crippen LogP contribution in [0.1, 0.15) is 17.2 Å². The van der Waals surface area contributed by atoms with Crippen molar-refractivity contribution in [2.75, 3.05) is 0 Å². The van der Waals surface area contributed by atoms with Crippen LogP contribution in [0.2, 0.25) is 0 Å². The molecule has 112 valence electrons. The third-order valence-corrected chi connectivity index (χ3v) is 3.39. The Hall–Kier alpha value is -3.08. The van der Waals surface area contributed by atoms with Gasteiger partial charge in [-0.15, -0.1) is 0 Å². The first-order chi connectivity index (χ1) is 10.7. The first-order valence-electron chi connectivity index (χ1n) is 6.95. The van der Waals surface area contributed by atoms with Crippen LogP contribution in [0.4, 0.5) is 0 Å². The van der Waals surface area contributed by atoms with Crippen LogP contribution in [0, 0.1) is 0 Å². The summed E-state index contributed by atoms with van der Waals surface area (Å²) < 4.78 is 1.75. The SMILES string of the molecule is Oc1cn(C(c2ccccc2)c2ccccc2)cc(O)[nH][nH]1. The van der Waals surface area contributed by atoms with E-state index in [1.807, 2.05) is 60.7 Å². The summed E-state index contributed by atoms with van der Waals surface area (Å²) in [4.78, 5) is 0. The first kappa shape index (κ1) is 13.9. The molecule has 0 unspecified atom stereocenters. The van der Waals surface area contributed by atoms with Crippen LogP contribution < -0.4 is 0 Å².